The lowest BCUT2D eigenvalue weighted by atomic mass is 9.66. The lowest BCUT2D eigenvalue weighted by molar-refractivity contribution is 0.436. The summed E-state index contributed by atoms with van der Waals surface area (Å²) in [5.74, 6) is 3.51. The van der Waals surface area contributed by atoms with E-state index in [2.05, 4.69) is 278 Å². The molecule has 3 heterocycles. The van der Waals surface area contributed by atoms with Gasteiger partial charge in [-0.1, -0.05) is 224 Å². The third kappa shape index (κ3) is 5.30. The van der Waals surface area contributed by atoms with Crippen molar-refractivity contribution in [3.8, 4) is 56.4 Å². The molecule has 0 amide bonds. The van der Waals surface area contributed by atoms with Crippen molar-refractivity contribution >= 4 is 28.8 Å². The molecule has 12 aromatic rings. The lowest BCUT2D eigenvalue weighted by Gasteiger charge is -2.40. The van der Waals surface area contributed by atoms with E-state index in [9.17, 15) is 0 Å². The zero-order valence-corrected chi connectivity index (χ0v) is 43.5. The molecule has 3 aliphatic heterocycles. The van der Waals surface area contributed by atoms with Crippen molar-refractivity contribution in [3.05, 3.63) is 340 Å². The first-order valence-corrected chi connectivity index (χ1v) is 28.1. The molecule has 3 aliphatic carbocycles. The third-order valence-corrected chi connectivity index (χ3v) is 19.4. The van der Waals surface area contributed by atoms with E-state index in [0.29, 0.717) is 0 Å². The minimum atomic E-state index is -0.660. The van der Waals surface area contributed by atoms with Gasteiger partial charge in [0.15, 0.2) is 0 Å². The molecule has 6 aliphatic rings. The van der Waals surface area contributed by atoms with Crippen LogP contribution in [0.25, 0.3) is 33.4 Å². The minimum absolute atomic E-state index is 0.514. The van der Waals surface area contributed by atoms with Crippen LogP contribution in [0.5, 0.6) is 23.0 Å². The Bertz CT molecular complexity index is 4310. The molecule has 0 saturated heterocycles. The van der Waals surface area contributed by atoms with E-state index in [4.69, 9.17) is 9.47 Å². The van der Waals surface area contributed by atoms with Crippen LogP contribution in [0, 0.1) is 0 Å². The summed E-state index contributed by atoms with van der Waals surface area (Å²) >= 11 is 1.88. The minimum Gasteiger partial charge on any atom is -0.457 e. The second kappa shape index (κ2) is 15.8. The van der Waals surface area contributed by atoms with E-state index in [1.165, 1.54) is 87.7 Å². The average molecular weight is 1020 g/mol. The van der Waals surface area contributed by atoms with Crippen molar-refractivity contribution in [2.45, 2.75) is 26.0 Å². The summed E-state index contributed by atoms with van der Waals surface area (Å²) in [5.41, 5.74) is 23.6. The molecule has 368 valence electrons. The van der Waals surface area contributed by atoms with Crippen LogP contribution in [0.4, 0.5) is 17.1 Å². The van der Waals surface area contributed by atoms with Crippen molar-refractivity contribution in [3.63, 3.8) is 0 Å². The number of rotatable bonds is 3. The molecule has 0 aromatic heterocycles. The van der Waals surface area contributed by atoms with Gasteiger partial charge in [-0.2, -0.15) is 0 Å². The van der Waals surface area contributed by atoms with Crippen molar-refractivity contribution in [1.82, 2.24) is 0 Å². The van der Waals surface area contributed by atoms with Gasteiger partial charge in [-0.15, -0.1) is 0 Å². The van der Waals surface area contributed by atoms with Crippen LogP contribution in [0.2, 0.25) is 0 Å². The van der Waals surface area contributed by atoms with Gasteiger partial charge in [0, 0.05) is 48.9 Å². The lowest BCUT2D eigenvalue weighted by Crippen LogP contribution is -2.32. The van der Waals surface area contributed by atoms with Gasteiger partial charge >= 0.3 is 0 Å². The van der Waals surface area contributed by atoms with Gasteiger partial charge in [0.2, 0.25) is 0 Å². The zero-order valence-electron chi connectivity index (χ0n) is 42.7. The van der Waals surface area contributed by atoms with E-state index in [0.717, 1.165) is 62.3 Å². The number of fused-ring (bicyclic) bond motifs is 27. The van der Waals surface area contributed by atoms with Gasteiger partial charge < -0.3 is 14.4 Å². The maximum Gasteiger partial charge on any atom is 0.132 e. The molecule has 12 aromatic carbocycles. The largest absolute Gasteiger partial charge is 0.457 e. The topological polar surface area (TPSA) is 21.7 Å². The van der Waals surface area contributed by atoms with Gasteiger partial charge in [-0.3, -0.25) is 0 Å². The van der Waals surface area contributed by atoms with E-state index >= 15 is 0 Å². The van der Waals surface area contributed by atoms with Gasteiger partial charge in [-0.25, -0.2) is 0 Å². The van der Waals surface area contributed by atoms with E-state index in [-0.39, 0.29) is 0 Å². The Morgan fingerprint density at radius 1 is 0.253 bits per heavy atom. The van der Waals surface area contributed by atoms with Crippen LogP contribution in [0.1, 0.15) is 66.8 Å². The van der Waals surface area contributed by atoms with E-state index in [1.807, 2.05) is 11.8 Å². The monoisotopic (exact) mass is 1020 g/mol. The molecule has 3 nitrogen and oxygen atoms in total. The molecule has 0 fully saturated rings. The quantitative estimate of drug-likeness (QED) is 0.176. The molecule has 0 saturated carbocycles. The van der Waals surface area contributed by atoms with E-state index in [1.54, 1.807) is 0 Å². The molecule has 4 heteroatoms. The smallest absolute Gasteiger partial charge is 0.132 e. The number of nitrogens with zero attached hydrogens (tertiary/aromatic N) is 1. The first-order valence-electron chi connectivity index (χ1n) is 27.3. The predicted octanol–water partition coefficient (Wildman–Crippen LogP) is 18.9. The van der Waals surface area contributed by atoms with Gasteiger partial charge in [0.25, 0.3) is 0 Å². The Morgan fingerprint density at radius 3 is 1.04 bits per heavy atom. The van der Waals surface area contributed by atoms with Crippen molar-refractivity contribution in [1.29, 1.82) is 0 Å². The highest BCUT2D eigenvalue weighted by Gasteiger charge is 2.55. The summed E-state index contributed by atoms with van der Waals surface area (Å²) in [7, 11) is 0. The summed E-state index contributed by atoms with van der Waals surface area (Å²) in [4.78, 5) is 5.20. The van der Waals surface area contributed by atoms with Crippen LogP contribution < -0.4 is 14.4 Å². The van der Waals surface area contributed by atoms with Crippen LogP contribution in [-0.4, -0.2) is 0 Å². The SMILES string of the molecule is c1ccc2c(c1)Oc1ccccc1C21c2ccccc2-c2c(N(c3ccc4c(c3)-c3ccccc3C43c4ccccc4Sc4ccccc43)c3cccc4c3-c3ccccc3C43c4ccccc4Oc4ccccc43)cccc21. The predicted molar refractivity (Wildman–Crippen MR) is 317 cm³/mol. The van der Waals surface area contributed by atoms with Gasteiger partial charge in [-0.05, 0) is 127 Å². The van der Waals surface area contributed by atoms with Crippen molar-refractivity contribution in [2.75, 3.05) is 4.90 Å². The standard InChI is InChI=1S/C75H45NO2S/c1-4-24-51-47(21-1)50-45-46(43-44-54(50)73(51)59-31-11-17-41-69(59)79-70-42-18-12-32-60(70)73)76(63-35-19-33-61-71(63)48-22-2-5-25-52(48)74(61)55-27-7-13-37-65(55)77-66-38-14-8-28-56(66)74)64-36-20-34-62-72(64)49-23-3-6-26-53(49)75(62)57-29-9-15-39-67(57)78-68-40-16-10-30-58(68)75/h1-45H. The molecule has 18 rings (SSSR count). The maximum atomic E-state index is 6.84. The third-order valence-electron chi connectivity index (χ3n) is 18.3. The fraction of sp³-hybridized carbons (Fsp3) is 0.0400. The van der Waals surface area contributed by atoms with Crippen molar-refractivity contribution < 1.29 is 9.47 Å². The Kier molecular flexibility index (Phi) is 8.67. The number of hydrogen-bond acceptors (Lipinski definition) is 4. The summed E-state index contributed by atoms with van der Waals surface area (Å²) in [6.45, 7) is 0. The molecular weight excluding hydrogens is 979 g/mol. The first-order chi connectivity index (χ1) is 39.2. The fourth-order valence-corrected chi connectivity index (χ4v) is 16.7. The summed E-state index contributed by atoms with van der Waals surface area (Å²) < 4.78 is 13.7. The van der Waals surface area contributed by atoms with Crippen LogP contribution in [0.3, 0.4) is 0 Å². The summed E-state index contributed by atoms with van der Waals surface area (Å²) in [6.07, 6.45) is 0. The summed E-state index contributed by atoms with van der Waals surface area (Å²) in [5, 5.41) is 0. The van der Waals surface area contributed by atoms with Crippen LogP contribution in [0.15, 0.2) is 283 Å². The molecular formula is C75H45NO2S. The molecule has 0 bridgehead atoms. The molecule has 0 unspecified atom stereocenters. The van der Waals surface area contributed by atoms with Gasteiger partial charge in [0.05, 0.1) is 27.6 Å². The number of ether oxygens (including phenoxy) is 2. The second-order valence-corrected chi connectivity index (χ2v) is 22.7. The van der Waals surface area contributed by atoms with Crippen molar-refractivity contribution in [2.24, 2.45) is 0 Å². The molecule has 79 heavy (non-hydrogen) atoms. The molecule has 0 N–H and O–H groups in total. The zero-order chi connectivity index (χ0) is 51.6. The maximum absolute atomic E-state index is 6.84. The summed E-state index contributed by atoms with van der Waals surface area (Å²) in [6, 6.07) is 102. The van der Waals surface area contributed by atoms with Gasteiger partial charge in [0.1, 0.15) is 23.0 Å². The van der Waals surface area contributed by atoms with E-state index < -0.39 is 16.2 Å². The number of benzene rings is 12. The average Bonchev–Trinajstić information content (AvgIpc) is 2.67. The van der Waals surface area contributed by atoms with Crippen LogP contribution >= 0.6 is 11.8 Å². The Hall–Kier alpha value is -9.61. The van der Waals surface area contributed by atoms with Crippen LogP contribution in [-0.2, 0) is 16.2 Å². The number of para-hydroxylation sites is 4. The molecule has 0 atom stereocenters. The second-order valence-electron chi connectivity index (χ2n) is 21.6. The Morgan fingerprint density at radius 2 is 0.582 bits per heavy atom. The number of hydrogen-bond donors (Lipinski definition) is 0. The normalized spacial score (nSPS) is 15.3. The molecule has 3 spiro atoms. The highest BCUT2D eigenvalue weighted by Crippen LogP contribution is 2.68. The fourth-order valence-electron chi connectivity index (χ4n) is 15.5. The Labute approximate surface area is 462 Å². The highest BCUT2D eigenvalue weighted by molar-refractivity contribution is 7.99. The highest BCUT2D eigenvalue weighted by atomic mass is 32.2. The first kappa shape index (κ1) is 43.5. The number of anilines is 3. The molecule has 0 radical (unpaired) electrons. The Balaban J connectivity index is 0.969.